The van der Waals surface area contributed by atoms with Crippen LogP contribution in [0.2, 0.25) is 0 Å². The summed E-state index contributed by atoms with van der Waals surface area (Å²) in [6, 6.07) is 0. The van der Waals surface area contributed by atoms with Crippen LogP contribution in [-0.2, 0) is 14.9 Å². The fourth-order valence-corrected chi connectivity index (χ4v) is 0.790. The molecule has 0 aromatic rings. The van der Waals surface area contributed by atoms with Gasteiger partial charge >= 0.3 is 29.6 Å². The van der Waals surface area contributed by atoms with Crippen LogP contribution in [0.3, 0.4) is 0 Å². The van der Waals surface area contributed by atoms with Gasteiger partial charge in [0.2, 0.25) is 0 Å². The molecule has 0 bridgehead atoms. The zero-order chi connectivity index (χ0) is 9.61. The Morgan fingerprint density at radius 3 is 2.31 bits per heavy atom. The number of hydrogen-bond donors (Lipinski definition) is 3. The third-order valence-electron chi connectivity index (χ3n) is 1.03. The van der Waals surface area contributed by atoms with Gasteiger partial charge in [-0.25, -0.2) is 0 Å². The zero-order valence-corrected chi connectivity index (χ0v) is 7.20. The minimum atomic E-state index is -4.03. The predicted molar refractivity (Wildman–Crippen MR) is 47.2 cm³/mol. The first kappa shape index (κ1) is 16.2. The molecule has 0 aliphatic carbocycles. The summed E-state index contributed by atoms with van der Waals surface area (Å²) < 4.78 is 33.0. The standard InChI is InChI=1S/C5H12O6S.Na.H/c6-2-1-5(7)11-3-4-12(8,9)10;;/h5-7H,1-4H2,(H,8,9,10);;. The Morgan fingerprint density at radius 2 is 1.92 bits per heavy atom. The summed E-state index contributed by atoms with van der Waals surface area (Å²) in [4.78, 5) is 0. The van der Waals surface area contributed by atoms with Crippen LogP contribution in [0, 0.1) is 0 Å². The Hall–Kier alpha value is 0.790. The second-order valence-corrected chi connectivity index (χ2v) is 3.70. The third-order valence-corrected chi connectivity index (χ3v) is 1.71. The normalized spacial score (nSPS) is 13.5. The molecule has 8 heteroatoms. The summed E-state index contributed by atoms with van der Waals surface area (Å²) in [5.41, 5.74) is 0. The van der Waals surface area contributed by atoms with Crippen molar-refractivity contribution < 1.29 is 27.9 Å². The van der Waals surface area contributed by atoms with E-state index in [1.165, 1.54) is 0 Å². The fourth-order valence-electron chi connectivity index (χ4n) is 0.483. The van der Waals surface area contributed by atoms with Crippen LogP contribution in [0.4, 0.5) is 0 Å². The van der Waals surface area contributed by atoms with Crippen LogP contribution in [0.1, 0.15) is 6.42 Å². The molecule has 0 aromatic carbocycles. The van der Waals surface area contributed by atoms with Gasteiger partial charge in [-0.1, -0.05) is 0 Å². The SMILES string of the molecule is O=S(=O)(O)CCOC(O)CCO.[NaH]. The maximum atomic E-state index is 10.1. The van der Waals surface area contributed by atoms with Gasteiger partial charge in [0.05, 0.1) is 12.4 Å². The van der Waals surface area contributed by atoms with Crippen molar-refractivity contribution in [3.05, 3.63) is 0 Å². The van der Waals surface area contributed by atoms with E-state index < -0.39 is 22.2 Å². The molecule has 0 heterocycles. The quantitative estimate of drug-likeness (QED) is 0.272. The van der Waals surface area contributed by atoms with E-state index in [1.54, 1.807) is 0 Å². The molecular weight excluding hydrogens is 211 g/mol. The molecule has 0 radical (unpaired) electrons. The number of aliphatic hydroxyl groups is 2. The molecule has 0 rings (SSSR count). The van der Waals surface area contributed by atoms with Crippen LogP contribution < -0.4 is 0 Å². The molecule has 3 N–H and O–H groups in total. The second-order valence-electron chi connectivity index (χ2n) is 2.12. The fraction of sp³-hybridized carbons (Fsp3) is 1.00. The van der Waals surface area contributed by atoms with Crippen molar-refractivity contribution in [1.29, 1.82) is 0 Å². The molecule has 0 aromatic heterocycles. The molecule has 1 unspecified atom stereocenters. The third kappa shape index (κ3) is 12.8. The van der Waals surface area contributed by atoms with Crippen molar-refractivity contribution >= 4 is 39.7 Å². The number of aliphatic hydroxyl groups excluding tert-OH is 2. The van der Waals surface area contributed by atoms with Crippen molar-refractivity contribution in [2.45, 2.75) is 12.7 Å². The van der Waals surface area contributed by atoms with Crippen molar-refractivity contribution in [1.82, 2.24) is 0 Å². The topological polar surface area (TPSA) is 104 Å². The molecule has 0 fully saturated rings. The molecule has 0 amide bonds. The van der Waals surface area contributed by atoms with Crippen molar-refractivity contribution in [2.75, 3.05) is 19.0 Å². The van der Waals surface area contributed by atoms with Gasteiger partial charge in [-0.05, 0) is 0 Å². The molecule has 0 spiro atoms. The minimum absolute atomic E-state index is 0. The number of rotatable bonds is 6. The van der Waals surface area contributed by atoms with Crippen molar-refractivity contribution in [3.8, 4) is 0 Å². The molecular formula is C5H13NaO6S. The Bertz CT molecular complexity index is 203. The van der Waals surface area contributed by atoms with Gasteiger partial charge in [0, 0.05) is 13.0 Å². The van der Waals surface area contributed by atoms with Crippen LogP contribution in [0.15, 0.2) is 0 Å². The van der Waals surface area contributed by atoms with Gasteiger partial charge in [-0.2, -0.15) is 8.42 Å². The number of hydrogen-bond acceptors (Lipinski definition) is 5. The van der Waals surface area contributed by atoms with Gasteiger partial charge in [-0.3, -0.25) is 4.55 Å². The monoisotopic (exact) mass is 224 g/mol. The van der Waals surface area contributed by atoms with Crippen molar-refractivity contribution in [2.24, 2.45) is 0 Å². The van der Waals surface area contributed by atoms with Crippen LogP contribution >= 0.6 is 0 Å². The van der Waals surface area contributed by atoms with E-state index in [9.17, 15) is 8.42 Å². The Balaban J connectivity index is 0. The second kappa shape index (κ2) is 8.13. The van der Waals surface area contributed by atoms with E-state index in [4.69, 9.17) is 14.8 Å². The molecule has 1 atom stereocenters. The summed E-state index contributed by atoms with van der Waals surface area (Å²) >= 11 is 0. The first-order valence-electron chi connectivity index (χ1n) is 3.31. The Morgan fingerprint density at radius 1 is 1.38 bits per heavy atom. The van der Waals surface area contributed by atoms with E-state index in [0.717, 1.165) is 0 Å². The summed E-state index contributed by atoms with van der Waals surface area (Å²) in [5.74, 6) is -0.560. The Kier molecular flexibility index (Phi) is 10.1. The summed E-state index contributed by atoms with van der Waals surface area (Å²) in [5, 5.41) is 17.1. The van der Waals surface area contributed by atoms with E-state index >= 15 is 0 Å². The van der Waals surface area contributed by atoms with Gasteiger partial charge in [-0.15, -0.1) is 0 Å². The van der Waals surface area contributed by atoms with Crippen molar-refractivity contribution in [3.63, 3.8) is 0 Å². The van der Waals surface area contributed by atoms with Crippen LogP contribution in [0.5, 0.6) is 0 Å². The molecule has 6 nitrogen and oxygen atoms in total. The van der Waals surface area contributed by atoms with Gasteiger partial charge in [0.25, 0.3) is 10.1 Å². The Labute approximate surface area is 98.9 Å². The van der Waals surface area contributed by atoms with E-state index in [2.05, 4.69) is 4.74 Å². The van der Waals surface area contributed by atoms with Gasteiger partial charge in [0.15, 0.2) is 6.29 Å². The average molecular weight is 224 g/mol. The summed E-state index contributed by atoms with van der Waals surface area (Å²) in [7, 11) is -4.03. The number of ether oxygens (including phenoxy) is 1. The first-order valence-corrected chi connectivity index (χ1v) is 4.92. The summed E-state index contributed by atoms with van der Waals surface area (Å²) in [6.07, 6.45) is -1.16. The van der Waals surface area contributed by atoms with E-state index in [-0.39, 0.29) is 49.2 Å². The average Bonchev–Trinajstić information content (AvgIpc) is 1.84. The summed E-state index contributed by atoms with van der Waals surface area (Å²) in [6.45, 7) is -0.535. The van der Waals surface area contributed by atoms with Crippen LogP contribution in [0.25, 0.3) is 0 Å². The molecule has 0 saturated carbocycles. The first-order chi connectivity index (χ1) is 5.45. The molecule has 0 saturated heterocycles. The van der Waals surface area contributed by atoms with Crippen LogP contribution in [-0.4, -0.2) is 78.0 Å². The zero-order valence-electron chi connectivity index (χ0n) is 6.38. The van der Waals surface area contributed by atoms with E-state index in [1.807, 2.05) is 0 Å². The van der Waals surface area contributed by atoms with E-state index in [0.29, 0.717) is 0 Å². The molecule has 0 aliphatic heterocycles. The molecule has 76 valence electrons. The van der Waals surface area contributed by atoms with Gasteiger partial charge in [0.1, 0.15) is 0 Å². The predicted octanol–water partition coefficient (Wildman–Crippen LogP) is -2.06. The van der Waals surface area contributed by atoms with Gasteiger partial charge < -0.3 is 14.9 Å². The maximum absolute atomic E-state index is 10.1. The molecule has 0 aliphatic rings. The molecule has 13 heavy (non-hydrogen) atoms.